The summed E-state index contributed by atoms with van der Waals surface area (Å²) in [7, 11) is 0. The standard InChI is InChI=1S/C23H18ClN5/c1-14-2-4-15(5-3-14)22-21-18(19-12-16(24)6-7-20(19)28-21)9-11-29(22)23-26-10-8-17(13-25)27-23/h2-8,10,12,22,28H,9,11H2,1H3. The lowest BCUT2D eigenvalue weighted by Crippen LogP contribution is -2.37. The molecule has 0 saturated heterocycles. The quantitative estimate of drug-likeness (QED) is 0.518. The number of rotatable bonds is 2. The van der Waals surface area contributed by atoms with Crippen LogP contribution in [-0.4, -0.2) is 21.5 Å². The first-order valence-electron chi connectivity index (χ1n) is 9.50. The van der Waals surface area contributed by atoms with Crippen molar-refractivity contribution in [2.45, 2.75) is 19.4 Å². The predicted octanol–water partition coefficient (Wildman–Crippen LogP) is 4.94. The van der Waals surface area contributed by atoms with Gasteiger partial charge in [0.15, 0.2) is 0 Å². The molecule has 1 N–H and O–H groups in total. The zero-order chi connectivity index (χ0) is 20.0. The molecule has 5 nitrogen and oxygen atoms in total. The van der Waals surface area contributed by atoms with Crippen LogP contribution < -0.4 is 4.90 Å². The Balaban J connectivity index is 1.71. The molecule has 1 aliphatic heterocycles. The molecule has 0 aliphatic carbocycles. The van der Waals surface area contributed by atoms with Gasteiger partial charge in [-0.3, -0.25) is 0 Å². The molecule has 0 spiro atoms. The van der Waals surface area contributed by atoms with Crippen molar-refractivity contribution in [3.05, 3.63) is 87.8 Å². The molecule has 29 heavy (non-hydrogen) atoms. The Kier molecular flexibility index (Phi) is 4.22. The van der Waals surface area contributed by atoms with Crippen molar-refractivity contribution in [1.82, 2.24) is 15.0 Å². The van der Waals surface area contributed by atoms with Gasteiger partial charge < -0.3 is 9.88 Å². The van der Waals surface area contributed by atoms with E-state index in [4.69, 9.17) is 11.6 Å². The molecule has 2 aromatic carbocycles. The molecule has 0 saturated carbocycles. The Hall–Kier alpha value is -3.36. The second kappa shape index (κ2) is 6.91. The fraction of sp³-hybridized carbons (Fsp3) is 0.174. The van der Waals surface area contributed by atoms with Crippen LogP contribution in [0.3, 0.4) is 0 Å². The van der Waals surface area contributed by atoms with Crippen molar-refractivity contribution in [3.63, 3.8) is 0 Å². The Labute approximate surface area is 173 Å². The van der Waals surface area contributed by atoms with Crippen molar-refractivity contribution < 1.29 is 0 Å². The van der Waals surface area contributed by atoms with Gasteiger partial charge in [-0.05, 0) is 48.7 Å². The molecule has 0 fully saturated rings. The van der Waals surface area contributed by atoms with Crippen LogP contribution >= 0.6 is 11.6 Å². The maximum Gasteiger partial charge on any atom is 0.227 e. The third kappa shape index (κ3) is 3.02. The van der Waals surface area contributed by atoms with Gasteiger partial charge in [0.05, 0.1) is 6.04 Å². The highest BCUT2D eigenvalue weighted by Gasteiger charge is 2.33. The summed E-state index contributed by atoms with van der Waals surface area (Å²) >= 11 is 6.27. The van der Waals surface area contributed by atoms with Gasteiger partial charge in [-0.1, -0.05) is 41.4 Å². The highest BCUT2D eigenvalue weighted by molar-refractivity contribution is 6.31. The molecule has 3 heterocycles. The minimum absolute atomic E-state index is 0.0699. The number of hydrogen-bond donors (Lipinski definition) is 1. The van der Waals surface area contributed by atoms with Crippen LogP contribution in [0.25, 0.3) is 10.9 Å². The van der Waals surface area contributed by atoms with Gasteiger partial charge in [0.25, 0.3) is 0 Å². The number of nitrogens with zero attached hydrogens (tertiary/aromatic N) is 4. The average Bonchev–Trinajstić information content (AvgIpc) is 3.11. The summed E-state index contributed by atoms with van der Waals surface area (Å²) in [6, 6.07) is 18.2. The van der Waals surface area contributed by atoms with Crippen molar-refractivity contribution in [3.8, 4) is 6.07 Å². The zero-order valence-electron chi connectivity index (χ0n) is 15.9. The number of aromatic amines is 1. The van der Waals surface area contributed by atoms with Crippen molar-refractivity contribution >= 4 is 28.5 Å². The Morgan fingerprint density at radius 2 is 2.00 bits per heavy atom. The number of fused-ring (bicyclic) bond motifs is 3. The van der Waals surface area contributed by atoms with Crippen LogP contribution in [0, 0.1) is 18.3 Å². The molecule has 2 aromatic heterocycles. The van der Waals surface area contributed by atoms with Crippen molar-refractivity contribution in [2.75, 3.05) is 11.4 Å². The number of aryl methyl sites for hydroxylation is 1. The highest BCUT2D eigenvalue weighted by atomic mass is 35.5. The van der Waals surface area contributed by atoms with Gasteiger partial charge >= 0.3 is 0 Å². The molecule has 6 heteroatoms. The van der Waals surface area contributed by atoms with E-state index in [-0.39, 0.29) is 6.04 Å². The summed E-state index contributed by atoms with van der Waals surface area (Å²) < 4.78 is 0. The molecule has 1 unspecified atom stereocenters. The number of anilines is 1. The SMILES string of the molecule is Cc1ccc(C2c3[nH]c4ccc(Cl)cc4c3CCN2c2nccc(C#N)n2)cc1. The lowest BCUT2D eigenvalue weighted by molar-refractivity contribution is 0.626. The van der Waals surface area contributed by atoms with E-state index in [0.29, 0.717) is 11.6 Å². The number of aromatic nitrogens is 3. The fourth-order valence-electron chi connectivity index (χ4n) is 4.12. The van der Waals surface area contributed by atoms with Crippen molar-refractivity contribution in [1.29, 1.82) is 5.26 Å². The Morgan fingerprint density at radius 3 is 2.79 bits per heavy atom. The second-order valence-electron chi connectivity index (χ2n) is 7.32. The number of benzene rings is 2. The molecule has 1 aliphatic rings. The van der Waals surface area contributed by atoms with Gasteiger partial charge in [-0.25, -0.2) is 9.97 Å². The highest BCUT2D eigenvalue weighted by Crippen LogP contribution is 2.40. The van der Waals surface area contributed by atoms with Crippen LogP contribution in [-0.2, 0) is 6.42 Å². The van der Waals surface area contributed by atoms with Crippen LogP contribution in [0.2, 0.25) is 5.02 Å². The molecule has 0 amide bonds. The molecular formula is C23H18ClN5. The molecule has 0 radical (unpaired) electrons. The largest absolute Gasteiger partial charge is 0.356 e. The van der Waals surface area contributed by atoms with Crippen LogP contribution in [0.15, 0.2) is 54.7 Å². The number of nitriles is 1. The minimum atomic E-state index is -0.0699. The van der Waals surface area contributed by atoms with E-state index < -0.39 is 0 Å². The normalized spacial score (nSPS) is 15.9. The lowest BCUT2D eigenvalue weighted by atomic mass is 9.92. The van der Waals surface area contributed by atoms with E-state index in [1.807, 2.05) is 18.2 Å². The van der Waals surface area contributed by atoms with Gasteiger partial charge in [-0.15, -0.1) is 0 Å². The molecule has 142 valence electrons. The van der Waals surface area contributed by atoms with Gasteiger partial charge in [0.2, 0.25) is 5.95 Å². The third-order valence-corrected chi connectivity index (χ3v) is 5.73. The van der Waals surface area contributed by atoms with Crippen molar-refractivity contribution in [2.24, 2.45) is 0 Å². The molecule has 4 aromatic rings. The first kappa shape index (κ1) is 17.7. The third-order valence-electron chi connectivity index (χ3n) is 5.50. The van der Waals surface area contributed by atoms with Gasteiger partial charge in [-0.2, -0.15) is 5.26 Å². The molecule has 0 bridgehead atoms. The fourth-order valence-corrected chi connectivity index (χ4v) is 4.29. The lowest BCUT2D eigenvalue weighted by Gasteiger charge is -2.36. The average molecular weight is 400 g/mol. The van der Waals surface area contributed by atoms with E-state index >= 15 is 0 Å². The summed E-state index contributed by atoms with van der Waals surface area (Å²) in [5.41, 5.74) is 6.21. The topological polar surface area (TPSA) is 68.6 Å². The predicted molar refractivity (Wildman–Crippen MR) is 114 cm³/mol. The van der Waals surface area contributed by atoms with Gasteiger partial charge in [0, 0.05) is 34.4 Å². The van der Waals surface area contributed by atoms with Gasteiger partial charge in [0.1, 0.15) is 11.8 Å². The monoisotopic (exact) mass is 399 g/mol. The number of halogens is 1. The minimum Gasteiger partial charge on any atom is -0.356 e. The molecule has 5 rings (SSSR count). The van der Waals surface area contributed by atoms with Crippen LogP contribution in [0.4, 0.5) is 5.95 Å². The van der Waals surface area contributed by atoms with E-state index in [1.165, 1.54) is 11.1 Å². The van der Waals surface area contributed by atoms with E-state index in [0.717, 1.165) is 40.1 Å². The smallest absolute Gasteiger partial charge is 0.227 e. The van der Waals surface area contributed by atoms with E-state index in [2.05, 4.69) is 57.1 Å². The second-order valence-corrected chi connectivity index (χ2v) is 7.75. The Bertz CT molecular complexity index is 1250. The Morgan fingerprint density at radius 1 is 1.17 bits per heavy atom. The summed E-state index contributed by atoms with van der Waals surface area (Å²) in [4.78, 5) is 14.7. The van der Waals surface area contributed by atoms with E-state index in [1.54, 1.807) is 12.3 Å². The first-order chi connectivity index (χ1) is 14.1. The maximum absolute atomic E-state index is 9.28. The maximum atomic E-state index is 9.28. The summed E-state index contributed by atoms with van der Waals surface area (Å²) in [6.45, 7) is 2.83. The summed E-state index contributed by atoms with van der Waals surface area (Å²) in [5, 5.41) is 11.2. The van der Waals surface area contributed by atoms with Crippen LogP contribution in [0.1, 0.15) is 34.1 Å². The molecule has 1 atom stereocenters. The summed E-state index contributed by atoms with van der Waals surface area (Å²) in [6.07, 6.45) is 2.49. The first-order valence-corrected chi connectivity index (χ1v) is 9.88. The number of nitrogens with one attached hydrogen (secondary N) is 1. The molecular weight excluding hydrogens is 382 g/mol. The zero-order valence-corrected chi connectivity index (χ0v) is 16.6. The van der Waals surface area contributed by atoms with Crippen LogP contribution in [0.5, 0.6) is 0 Å². The van der Waals surface area contributed by atoms with E-state index in [9.17, 15) is 5.26 Å². The number of H-pyrrole nitrogens is 1. The number of hydrogen-bond acceptors (Lipinski definition) is 4. The summed E-state index contributed by atoms with van der Waals surface area (Å²) in [5.74, 6) is 0.567.